The lowest BCUT2D eigenvalue weighted by Gasteiger charge is -2.35. The maximum atomic E-state index is 12.9. The number of nitrogens with zero attached hydrogens (tertiary/aromatic N) is 1. The van der Waals surface area contributed by atoms with Crippen molar-refractivity contribution in [1.82, 2.24) is 0 Å². The van der Waals surface area contributed by atoms with Crippen LogP contribution in [0.1, 0.15) is 36.7 Å². The number of esters is 1. The fraction of sp³-hybridized carbons (Fsp3) is 0.364. The summed E-state index contributed by atoms with van der Waals surface area (Å²) in [7, 11) is -2.42. The molecule has 9 heteroatoms. The van der Waals surface area contributed by atoms with Gasteiger partial charge < -0.3 is 14.8 Å². The highest BCUT2D eigenvalue weighted by Gasteiger charge is 2.36. The number of carbonyl (C=O) groups excluding carboxylic acids is 2. The number of hydrogen-bond acceptors (Lipinski definition) is 6. The third kappa shape index (κ3) is 4.82. The van der Waals surface area contributed by atoms with Crippen LogP contribution < -0.4 is 14.4 Å². The van der Waals surface area contributed by atoms with Crippen molar-refractivity contribution >= 4 is 33.3 Å². The molecule has 0 bridgehead atoms. The third-order valence-corrected chi connectivity index (χ3v) is 6.12. The first kappa shape index (κ1) is 22.6. The SMILES string of the molecule is COC(=O)c1ccccc1NC(=O)C1CN(S(C)(=O)=O)c2cc(C(C)(C)C)ccc2O1. The molecule has 2 aromatic rings. The normalized spacial score (nSPS) is 16.2. The monoisotopic (exact) mass is 446 g/mol. The van der Waals surface area contributed by atoms with Crippen molar-refractivity contribution < 1.29 is 27.5 Å². The minimum atomic E-state index is -3.67. The predicted octanol–water partition coefficient (Wildman–Crippen LogP) is 2.94. The van der Waals surface area contributed by atoms with Crippen LogP contribution in [0.2, 0.25) is 0 Å². The minimum absolute atomic E-state index is 0.185. The Morgan fingerprint density at radius 2 is 1.84 bits per heavy atom. The minimum Gasteiger partial charge on any atom is -0.476 e. The molecule has 0 spiro atoms. The molecule has 0 fully saturated rings. The van der Waals surface area contributed by atoms with Gasteiger partial charge in [0.15, 0.2) is 6.10 Å². The van der Waals surface area contributed by atoms with Gasteiger partial charge in [0.2, 0.25) is 10.0 Å². The molecule has 1 aliphatic heterocycles. The largest absolute Gasteiger partial charge is 0.476 e. The molecule has 3 rings (SSSR count). The highest BCUT2D eigenvalue weighted by Crippen LogP contribution is 2.38. The standard InChI is InChI=1S/C22H26N2O6S/c1-22(2,3)14-10-11-18-17(12-14)24(31(5,27)28)13-19(30-18)20(25)23-16-9-7-6-8-15(16)21(26)29-4/h6-12,19H,13H2,1-5H3,(H,23,25). The second-order valence-corrected chi connectivity index (χ2v) is 10.3. The molecule has 0 aliphatic carbocycles. The first-order valence-electron chi connectivity index (χ1n) is 9.69. The zero-order valence-electron chi connectivity index (χ0n) is 18.1. The molecule has 0 aromatic heterocycles. The van der Waals surface area contributed by atoms with Crippen LogP contribution in [0.4, 0.5) is 11.4 Å². The molecule has 1 aliphatic rings. The lowest BCUT2D eigenvalue weighted by molar-refractivity contribution is -0.122. The number of fused-ring (bicyclic) bond motifs is 1. The van der Waals surface area contributed by atoms with Gasteiger partial charge in [-0.25, -0.2) is 13.2 Å². The van der Waals surface area contributed by atoms with Crippen molar-refractivity contribution in [3.63, 3.8) is 0 Å². The van der Waals surface area contributed by atoms with Crippen molar-refractivity contribution in [3.05, 3.63) is 53.6 Å². The molecular weight excluding hydrogens is 420 g/mol. The van der Waals surface area contributed by atoms with Gasteiger partial charge in [0.25, 0.3) is 5.91 Å². The second kappa shape index (κ2) is 8.22. The summed E-state index contributed by atoms with van der Waals surface area (Å²) in [5.41, 5.74) is 1.59. The Hall–Kier alpha value is -3.07. The summed E-state index contributed by atoms with van der Waals surface area (Å²) >= 11 is 0. The van der Waals surface area contributed by atoms with Gasteiger partial charge in [0.1, 0.15) is 5.75 Å². The van der Waals surface area contributed by atoms with E-state index in [1.165, 1.54) is 17.5 Å². The Morgan fingerprint density at radius 1 is 1.16 bits per heavy atom. The highest BCUT2D eigenvalue weighted by atomic mass is 32.2. The van der Waals surface area contributed by atoms with Gasteiger partial charge in [-0.2, -0.15) is 0 Å². The van der Waals surface area contributed by atoms with E-state index in [0.717, 1.165) is 11.8 Å². The average Bonchev–Trinajstić information content (AvgIpc) is 2.70. The second-order valence-electron chi connectivity index (χ2n) is 8.36. The molecule has 1 atom stereocenters. The maximum absolute atomic E-state index is 12.9. The molecule has 1 amide bonds. The molecular formula is C22H26N2O6S. The topological polar surface area (TPSA) is 102 Å². The maximum Gasteiger partial charge on any atom is 0.339 e. The molecule has 0 saturated carbocycles. The molecule has 1 unspecified atom stereocenters. The van der Waals surface area contributed by atoms with Crippen LogP contribution in [0.15, 0.2) is 42.5 Å². The van der Waals surface area contributed by atoms with Gasteiger partial charge in [0, 0.05) is 0 Å². The van der Waals surface area contributed by atoms with Crippen molar-refractivity contribution in [3.8, 4) is 5.75 Å². The van der Waals surface area contributed by atoms with Crippen molar-refractivity contribution in [2.75, 3.05) is 29.5 Å². The Balaban J connectivity index is 1.93. The smallest absolute Gasteiger partial charge is 0.339 e. The average molecular weight is 447 g/mol. The molecule has 31 heavy (non-hydrogen) atoms. The van der Waals surface area contributed by atoms with Gasteiger partial charge in [-0.1, -0.05) is 39.0 Å². The third-order valence-electron chi connectivity index (χ3n) is 4.98. The lowest BCUT2D eigenvalue weighted by Crippen LogP contribution is -2.48. The summed E-state index contributed by atoms with van der Waals surface area (Å²) in [4.78, 5) is 24.9. The zero-order chi connectivity index (χ0) is 23.0. The van der Waals surface area contributed by atoms with Gasteiger partial charge in [0.05, 0.1) is 36.8 Å². The van der Waals surface area contributed by atoms with E-state index < -0.39 is 28.0 Å². The fourth-order valence-electron chi connectivity index (χ4n) is 3.26. The summed E-state index contributed by atoms with van der Waals surface area (Å²) in [5.74, 6) is -0.875. The van der Waals surface area contributed by atoms with Crippen LogP contribution in [-0.4, -0.2) is 46.3 Å². The summed E-state index contributed by atoms with van der Waals surface area (Å²) in [6, 6.07) is 11.7. The van der Waals surface area contributed by atoms with Crippen LogP contribution in [-0.2, 0) is 25.0 Å². The van der Waals surface area contributed by atoms with Crippen LogP contribution in [0.3, 0.4) is 0 Å². The number of methoxy groups -OCH3 is 1. The van der Waals surface area contributed by atoms with E-state index in [1.807, 2.05) is 26.8 Å². The van der Waals surface area contributed by atoms with E-state index in [4.69, 9.17) is 9.47 Å². The summed E-state index contributed by atoms with van der Waals surface area (Å²) in [5, 5.41) is 2.65. The van der Waals surface area contributed by atoms with E-state index in [1.54, 1.807) is 30.3 Å². The highest BCUT2D eigenvalue weighted by molar-refractivity contribution is 7.92. The molecule has 0 radical (unpaired) electrons. The first-order chi connectivity index (χ1) is 14.4. The van der Waals surface area contributed by atoms with Crippen molar-refractivity contribution in [2.24, 2.45) is 0 Å². The molecule has 2 aromatic carbocycles. The van der Waals surface area contributed by atoms with Gasteiger partial charge >= 0.3 is 5.97 Å². The van der Waals surface area contributed by atoms with E-state index in [-0.39, 0.29) is 23.2 Å². The van der Waals surface area contributed by atoms with E-state index in [9.17, 15) is 18.0 Å². The summed E-state index contributed by atoms with van der Waals surface area (Å²) < 4.78 is 36.8. The number of anilines is 2. The molecule has 8 nitrogen and oxygen atoms in total. The zero-order valence-corrected chi connectivity index (χ0v) is 18.9. The van der Waals surface area contributed by atoms with Crippen LogP contribution in [0, 0.1) is 0 Å². The Morgan fingerprint density at radius 3 is 2.45 bits per heavy atom. The Kier molecular flexibility index (Phi) is 6.00. The number of para-hydroxylation sites is 1. The quantitative estimate of drug-likeness (QED) is 0.725. The van der Waals surface area contributed by atoms with Crippen molar-refractivity contribution in [2.45, 2.75) is 32.3 Å². The number of ether oxygens (including phenoxy) is 2. The van der Waals surface area contributed by atoms with Crippen LogP contribution >= 0.6 is 0 Å². The van der Waals surface area contributed by atoms with Gasteiger partial charge in [-0.15, -0.1) is 0 Å². The number of sulfonamides is 1. The Labute approximate surface area is 182 Å². The fourth-order valence-corrected chi connectivity index (χ4v) is 4.17. The number of nitrogens with one attached hydrogen (secondary N) is 1. The van der Waals surface area contributed by atoms with Crippen LogP contribution in [0.25, 0.3) is 0 Å². The Bertz CT molecular complexity index is 1120. The van der Waals surface area contributed by atoms with E-state index >= 15 is 0 Å². The van der Waals surface area contributed by atoms with E-state index in [2.05, 4.69) is 5.32 Å². The van der Waals surface area contributed by atoms with Crippen LogP contribution in [0.5, 0.6) is 5.75 Å². The number of carbonyl (C=O) groups is 2. The number of benzene rings is 2. The molecule has 166 valence electrons. The lowest BCUT2D eigenvalue weighted by atomic mass is 9.86. The number of hydrogen-bond donors (Lipinski definition) is 1. The van der Waals surface area contributed by atoms with E-state index in [0.29, 0.717) is 11.4 Å². The number of rotatable bonds is 4. The molecule has 1 N–H and O–H groups in total. The first-order valence-corrected chi connectivity index (χ1v) is 11.5. The summed E-state index contributed by atoms with van der Waals surface area (Å²) in [6.07, 6.45) is -0.0127. The van der Waals surface area contributed by atoms with Gasteiger partial charge in [-0.3, -0.25) is 9.10 Å². The van der Waals surface area contributed by atoms with Crippen molar-refractivity contribution in [1.29, 1.82) is 0 Å². The number of amides is 1. The molecule has 1 heterocycles. The predicted molar refractivity (Wildman–Crippen MR) is 118 cm³/mol. The molecule has 0 saturated heterocycles. The van der Waals surface area contributed by atoms with Gasteiger partial charge in [-0.05, 0) is 35.2 Å². The summed E-state index contributed by atoms with van der Waals surface area (Å²) in [6.45, 7) is 5.89.